The fourth-order valence-corrected chi connectivity index (χ4v) is 5.46. The standard InChI is InChI=1S/C30H29Cl2N5O4/c1-30(2,15-38)36(3)29(40)26-22-6-5-16-8-25(41-4)23(17-7-18(28(33)39)14-34-13-17)12-24(16)27(22)37(35-26)21-10-19(31)9-20(32)11-21/h7-14,38H,5-6,15H2,1-4H3,(H2,33,39). The SMILES string of the molecule is COc1cc2c(cc1-c1cncc(C(N)=O)c1)-c1c(c(C(=O)N(C)C(C)(C)CO)nn1-c1cc(Cl)cc(Cl)c1)CC2. The highest BCUT2D eigenvalue weighted by atomic mass is 35.5. The van der Waals surface area contributed by atoms with Crippen molar-refractivity contribution in [1.29, 1.82) is 0 Å². The van der Waals surface area contributed by atoms with E-state index >= 15 is 0 Å². The topological polar surface area (TPSA) is 124 Å². The maximum absolute atomic E-state index is 13.8. The number of fused-ring (bicyclic) bond motifs is 3. The van der Waals surface area contributed by atoms with Crippen molar-refractivity contribution in [1.82, 2.24) is 19.7 Å². The van der Waals surface area contributed by atoms with E-state index < -0.39 is 11.4 Å². The Morgan fingerprint density at radius 3 is 2.41 bits per heavy atom. The van der Waals surface area contributed by atoms with Crippen molar-refractivity contribution in [2.75, 3.05) is 20.8 Å². The number of likely N-dealkylation sites (N-methyl/N-ethyl adjacent to an activating group) is 1. The Hall–Kier alpha value is -3.92. The number of rotatable bonds is 7. The monoisotopic (exact) mass is 593 g/mol. The number of ether oxygens (including phenoxy) is 1. The van der Waals surface area contributed by atoms with Gasteiger partial charge in [0.15, 0.2) is 5.69 Å². The summed E-state index contributed by atoms with van der Waals surface area (Å²) in [7, 11) is 3.23. The first-order chi connectivity index (χ1) is 19.4. The van der Waals surface area contributed by atoms with Crippen LogP contribution in [0.15, 0.2) is 48.8 Å². The van der Waals surface area contributed by atoms with E-state index in [0.29, 0.717) is 51.1 Å². The minimum absolute atomic E-state index is 0.216. The number of aromatic nitrogens is 3. The Bertz CT molecular complexity index is 1680. The zero-order valence-electron chi connectivity index (χ0n) is 23.0. The lowest BCUT2D eigenvalue weighted by Crippen LogP contribution is -2.48. The van der Waals surface area contributed by atoms with E-state index in [4.69, 9.17) is 38.8 Å². The van der Waals surface area contributed by atoms with E-state index in [1.807, 2.05) is 12.1 Å². The van der Waals surface area contributed by atoms with Gasteiger partial charge in [-0.2, -0.15) is 5.10 Å². The first-order valence-electron chi connectivity index (χ1n) is 12.9. The minimum atomic E-state index is -0.807. The van der Waals surface area contributed by atoms with Gasteiger partial charge in [-0.25, -0.2) is 4.68 Å². The normalized spacial score (nSPS) is 12.5. The molecule has 2 aromatic carbocycles. The van der Waals surface area contributed by atoms with Crippen molar-refractivity contribution in [3.8, 4) is 33.8 Å². The van der Waals surface area contributed by atoms with Crippen molar-refractivity contribution in [3.05, 3.63) is 81.2 Å². The van der Waals surface area contributed by atoms with E-state index in [1.54, 1.807) is 63.1 Å². The Morgan fingerprint density at radius 2 is 1.78 bits per heavy atom. The molecule has 11 heteroatoms. The van der Waals surface area contributed by atoms with Gasteiger partial charge in [0, 0.05) is 51.7 Å². The van der Waals surface area contributed by atoms with Crippen molar-refractivity contribution in [2.24, 2.45) is 5.73 Å². The summed E-state index contributed by atoms with van der Waals surface area (Å²) in [5.41, 5.74) is 10.5. The summed E-state index contributed by atoms with van der Waals surface area (Å²) >= 11 is 12.8. The molecule has 3 N–H and O–H groups in total. The molecule has 41 heavy (non-hydrogen) atoms. The molecule has 0 atom stereocenters. The molecule has 0 unspecified atom stereocenters. The minimum Gasteiger partial charge on any atom is -0.496 e. The second-order valence-corrected chi connectivity index (χ2v) is 11.5. The molecule has 1 aliphatic rings. The number of benzene rings is 2. The summed E-state index contributed by atoms with van der Waals surface area (Å²) in [5.74, 6) is -0.302. The Kier molecular flexibility index (Phi) is 7.54. The highest BCUT2D eigenvalue weighted by Crippen LogP contribution is 2.43. The number of primary amides is 1. The van der Waals surface area contributed by atoms with Crippen LogP contribution in [0.25, 0.3) is 28.1 Å². The average Bonchev–Trinajstić information content (AvgIpc) is 3.35. The van der Waals surface area contributed by atoms with E-state index in [9.17, 15) is 14.7 Å². The molecular weight excluding hydrogens is 565 g/mol. The molecule has 2 amide bonds. The molecule has 0 fully saturated rings. The molecule has 212 valence electrons. The lowest BCUT2D eigenvalue weighted by molar-refractivity contribution is 0.0466. The zero-order chi connectivity index (χ0) is 29.6. The van der Waals surface area contributed by atoms with Gasteiger partial charge < -0.3 is 20.5 Å². The number of hydrogen-bond acceptors (Lipinski definition) is 6. The predicted octanol–water partition coefficient (Wildman–Crippen LogP) is 4.96. The molecule has 2 heterocycles. The van der Waals surface area contributed by atoms with Crippen LogP contribution in [0.3, 0.4) is 0 Å². The number of halogens is 2. The molecule has 0 saturated carbocycles. The van der Waals surface area contributed by atoms with Gasteiger partial charge in [0.05, 0.1) is 36.2 Å². The summed E-state index contributed by atoms with van der Waals surface area (Å²) < 4.78 is 7.43. The van der Waals surface area contributed by atoms with Crippen LogP contribution in [0, 0.1) is 0 Å². The lowest BCUT2D eigenvalue weighted by Gasteiger charge is -2.33. The number of carbonyl (C=O) groups is 2. The maximum Gasteiger partial charge on any atom is 0.274 e. The van der Waals surface area contributed by atoms with E-state index in [2.05, 4.69) is 4.98 Å². The number of methoxy groups -OCH3 is 1. The third-order valence-electron chi connectivity index (χ3n) is 7.54. The van der Waals surface area contributed by atoms with Crippen LogP contribution in [0.5, 0.6) is 5.75 Å². The highest BCUT2D eigenvalue weighted by molar-refractivity contribution is 6.34. The summed E-state index contributed by atoms with van der Waals surface area (Å²) in [6.07, 6.45) is 4.23. The van der Waals surface area contributed by atoms with Gasteiger partial charge in [0.1, 0.15) is 5.75 Å². The largest absolute Gasteiger partial charge is 0.496 e. The summed E-state index contributed by atoms with van der Waals surface area (Å²) in [4.78, 5) is 31.4. The Labute approximate surface area is 247 Å². The number of aryl methyl sites for hydroxylation is 1. The van der Waals surface area contributed by atoms with Crippen molar-refractivity contribution < 1.29 is 19.4 Å². The van der Waals surface area contributed by atoms with Crippen LogP contribution in [0.4, 0.5) is 0 Å². The van der Waals surface area contributed by atoms with Crippen LogP contribution in [0.2, 0.25) is 10.0 Å². The first kappa shape index (κ1) is 28.6. The first-order valence-corrected chi connectivity index (χ1v) is 13.6. The van der Waals surface area contributed by atoms with Crippen LogP contribution in [0.1, 0.15) is 45.8 Å². The highest BCUT2D eigenvalue weighted by Gasteiger charge is 2.35. The van der Waals surface area contributed by atoms with Crippen molar-refractivity contribution in [2.45, 2.75) is 32.2 Å². The third kappa shape index (κ3) is 5.16. The summed E-state index contributed by atoms with van der Waals surface area (Å²) in [5, 5.41) is 15.6. The molecule has 4 aromatic rings. The molecule has 0 radical (unpaired) electrons. The van der Waals surface area contributed by atoms with Gasteiger partial charge in [-0.15, -0.1) is 0 Å². The fraction of sp³-hybridized carbons (Fsp3) is 0.267. The van der Waals surface area contributed by atoms with Gasteiger partial charge in [-0.1, -0.05) is 23.2 Å². The predicted molar refractivity (Wildman–Crippen MR) is 158 cm³/mol. The van der Waals surface area contributed by atoms with E-state index in [0.717, 1.165) is 16.7 Å². The van der Waals surface area contributed by atoms with E-state index in [-0.39, 0.29) is 23.8 Å². The van der Waals surface area contributed by atoms with Gasteiger partial charge in [0.2, 0.25) is 5.91 Å². The van der Waals surface area contributed by atoms with E-state index in [1.165, 1.54) is 11.1 Å². The van der Waals surface area contributed by atoms with Gasteiger partial charge in [-0.3, -0.25) is 14.6 Å². The number of aliphatic hydroxyl groups is 1. The number of carbonyl (C=O) groups excluding carboxylic acids is 2. The quantitative estimate of drug-likeness (QED) is 0.312. The molecule has 0 saturated heterocycles. The molecule has 9 nitrogen and oxygen atoms in total. The fourth-order valence-electron chi connectivity index (χ4n) is 4.95. The van der Waals surface area contributed by atoms with Crippen molar-refractivity contribution in [3.63, 3.8) is 0 Å². The van der Waals surface area contributed by atoms with Crippen LogP contribution in [-0.4, -0.2) is 62.9 Å². The molecule has 0 aliphatic heterocycles. The lowest BCUT2D eigenvalue weighted by atomic mass is 9.86. The molecule has 2 aromatic heterocycles. The van der Waals surface area contributed by atoms with Crippen LogP contribution >= 0.6 is 23.2 Å². The molecule has 0 bridgehead atoms. The van der Waals surface area contributed by atoms with Crippen molar-refractivity contribution >= 4 is 35.0 Å². The van der Waals surface area contributed by atoms with Gasteiger partial charge in [-0.05, 0) is 68.7 Å². The van der Waals surface area contributed by atoms with Gasteiger partial charge in [0.25, 0.3) is 5.91 Å². The maximum atomic E-state index is 13.8. The summed E-state index contributed by atoms with van der Waals surface area (Å²) in [6.45, 7) is 3.35. The second kappa shape index (κ2) is 10.8. The number of nitrogens with two attached hydrogens (primary N) is 1. The second-order valence-electron chi connectivity index (χ2n) is 10.6. The zero-order valence-corrected chi connectivity index (χ0v) is 24.5. The number of nitrogens with zero attached hydrogens (tertiary/aromatic N) is 4. The Balaban J connectivity index is 1.78. The molecule has 5 rings (SSSR count). The molecular formula is C30H29Cl2N5O4. The number of hydrogen-bond donors (Lipinski definition) is 2. The summed E-state index contributed by atoms with van der Waals surface area (Å²) in [6, 6.07) is 10.7. The Morgan fingerprint density at radius 1 is 1.07 bits per heavy atom. The van der Waals surface area contributed by atoms with Gasteiger partial charge >= 0.3 is 0 Å². The average molecular weight is 594 g/mol. The smallest absolute Gasteiger partial charge is 0.274 e. The van der Waals surface area contributed by atoms with Crippen LogP contribution in [-0.2, 0) is 12.8 Å². The number of pyridine rings is 1. The molecule has 0 spiro atoms. The number of aliphatic hydroxyl groups excluding tert-OH is 1. The van der Waals surface area contributed by atoms with Crippen LogP contribution < -0.4 is 10.5 Å². The third-order valence-corrected chi connectivity index (χ3v) is 7.97. The number of amides is 2. The molecule has 1 aliphatic carbocycles.